The third-order valence-corrected chi connectivity index (χ3v) is 2.68. The summed E-state index contributed by atoms with van der Waals surface area (Å²) in [6.07, 6.45) is 1.28. The Labute approximate surface area is 96.8 Å². The monoisotopic (exact) mass is 245 g/mol. The number of rotatable bonds is 2. The quantitative estimate of drug-likeness (QED) is 0.826. The van der Waals surface area contributed by atoms with Crippen molar-refractivity contribution in [3.63, 3.8) is 0 Å². The fourth-order valence-corrected chi connectivity index (χ4v) is 1.70. The molecule has 0 aromatic carbocycles. The van der Waals surface area contributed by atoms with E-state index in [1.54, 1.807) is 6.92 Å². The number of carbonyl (C=O) groups excluding carboxylic acids is 1. The highest BCUT2D eigenvalue weighted by Gasteiger charge is 2.42. The fourth-order valence-electron chi connectivity index (χ4n) is 1.70. The number of halogens is 2. The van der Waals surface area contributed by atoms with E-state index in [4.69, 9.17) is 4.42 Å². The number of nitrogens with one attached hydrogen (secondary N) is 1. The number of carbonyl (C=O) groups is 1. The third-order valence-electron chi connectivity index (χ3n) is 2.68. The Morgan fingerprint density at radius 1 is 1.65 bits per heavy atom. The van der Waals surface area contributed by atoms with Crippen LogP contribution < -0.4 is 5.32 Å². The van der Waals surface area contributed by atoms with Crippen LogP contribution >= 0.6 is 0 Å². The number of aromatic nitrogens is 1. The van der Waals surface area contributed by atoms with Crippen molar-refractivity contribution >= 4 is 5.91 Å². The van der Waals surface area contributed by atoms with Gasteiger partial charge in [0.25, 0.3) is 5.91 Å². The van der Waals surface area contributed by atoms with Crippen LogP contribution in [0.15, 0.2) is 10.8 Å². The molecule has 2 heterocycles. The zero-order chi connectivity index (χ0) is 12.5. The van der Waals surface area contributed by atoms with Crippen molar-refractivity contribution in [2.45, 2.75) is 19.4 Å². The minimum Gasteiger partial charge on any atom is -0.447 e. The molecule has 1 amide bonds. The predicted octanol–water partition coefficient (Wildman–Crippen LogP) is 0.550. The van der Waals surface area contributed by atoms with Gasteiger partial charge in [0.15, 0.2) is 6.39 Å². The summed E-state index contributed by atoms with van der Waals surface area (Å²) in [5, 5.41) is 2.18. The zero-order valence-corrected chi connectivity index (χ0v) is 9.37. The van der Waals surface area contributed by atoms with Crippen molar-refractivity contribution in [3.05, 3.63) is 17.8 Å². The molecule has 1 aromatic heterocycles. The lowest BCUT2D eigenvalue weighted by molar-refractivity contribution is -0.146. The first-order valence-electron chi connectivity index (χ1n) is 5.26. The maximum atomic E-state index is 13.3. The summed E-state index contributed by atoms with van der Waals surface area (Å²) < 4.78 is 31.8. The third kappa shape index (κ3) is 2.60. The Hall–Kier alpha value is -1.50. The highest BCUT2D eigenvalue weighted by atomic mass is 19.3. The van der Waals surface area contributed by atoms with Crippen LogP contribution in [0.25, 0.3) is 0 Å². The van der Waals surface area contributed by atoms with Gasteiger partial charge < -0.3 is 9.73 Å². The van der Waals surface area contributed by atoms with E-state index >= 15 is 0 Å². The molecular weight excluding hydrogens is 232 g/mol. The molecule has 1 N–H and O–H groups in total. The first-order chi connectivity index (χ1) is 7.99. The first-order valence-corrected chi connectivity index (χ1v) is 5.26. The van der Waals surface area contributed by atoms with E-state index in [9.17, 15) is 13.6 Å². The van der Waals surface area contributed by atoms with Crippen molar-refractivity contribution < 1.29 is 18.0 Å². The first kappa shape index (κ1) is 12.0. The minimum atomic E-state index is -3.36. The normalized spacial score (nSPS) is 21.0. The number of alkyl halides is 2. The van der Waals surface area contributed by atoms with E-state index in [1.165, 1.54) is 11.3 Å². The summed E-state index contributed by atoms with van der Waals surface area (Å²) in [5.41, 5.74) is 0.678. The molecule has 2 rings (SSSR count). The standard InChI is InChI=1S/C10H13F2N3O2/c1-7-8(17-6-14-7)4-15-3-2-13-9(16)10(11,12)5-15/h6H,2-5H2,1H3,(H,13,16). The molecule has 0 aliphatic carbocycles. The SMILES string of the molecule is Cc1ncoc1CN1CCNC(=O)C(F)(F)C1. The van der Waals surface area contributed by atoms with Crippen LogP contribution in [-0.2, 0) is 11.3 Å². The molecule has 1 saturated heterocycles. The van der Waals surface area contributed by atoms with E-state index in [2.05, 4.69) is 10.3 Å². The minimum absolute atomic E-state index is 0.210. The number of aryl methyl sites for hydroxylation is 1. The summed E-state index contributed by atoms with van der Waals surface area (Å²) in [7, 11) is 0. The van der Waals surface area contributed by atoms with Crippen LogP contribution in [0.5, 0.6) is 0 Å². The van der Waals surface area contributed by atoms with Crippen LogP contribution in [0.4, 0.5) is 8.78 Å². The largest absolute Gasteiger partial charge is 0.447 e. The maximum Gasteiger partial charge on any atom is 0.336 e. The van der Waals surface area contributed by atoms with Crippen molar-refractivity contribution in [3.8, 4) is 0 Å². The highest BCUT2D eigenvalue weighted by molar-refractivity contribution is 5.83. The van der Waals surface area contributed by atoms with E-state index in [-0.39, 0.29) is 13.1 Å². The van der Waals surface area contributed by atoms with Crippen molar-refractivity contribution in [2.24, 2.45) is 0 Å². The number of oxazole rings is 1. The molecular formula is C10H13F2N3O2. The molecule has 1 aliphatic rings. The molecule has 0 atom stereocenters. The average Bonchev–Trinajstić information content (AvgIpc) is 2.57. The molecule has 1 fully saturated rings. The van der Waals surface area contributed by atoms with Gasteiger partial charge in [-0.25, -0.2) is 4.98 Å². The van der Waals surface area contributed by atoms with Crippen molar-refractivity contribution in [1.82, 2.24) is 15.2 Å². The molecule has 0 radical (unpaired) electrons. The van der Waals surface area contributed by atoms with Gasteiger partial charge in [0.05, 0.1) is 18.8 Å². The van der Waals surface area contributed by atoms with E-state index in [1.807, 2.05) is 0 Å². The molecule has 17 heavy (non-hydrogen) atoms. The molecule has 0 unspecified atom stereocenters. The fraction of sp³-hybridized carbons (Fsp3) is 0.600. The van der Waals surface area contributed by atoms with Crippen LogP contribution in [0.3, 0.4) is 0 Å². The number of nitrogens with zero attached hydrogens (tertiary/aromatic N) is 2. The van der Waals surface area contributed by atoms with Gasteiger partial charge in [-0.2, -0.15) is 8.78 Å². The molecule has 0 spiro atoms. The van der Waals surface area contributed by atoms with Crippen molar-refractivity contribution in [2.75, 3.05) is 19.6 Å². The van der Waals surface area contributed by atoms with E-state index < -0.39 is 18.4 Å². The van der Waals surface area contributed by atoms with Gasteiger partial charge >= 0.3 is 5.92 Å². The summed E-state index contributed by atoms with van der Waals surface area (Å²) in [5.74, 6) is -4.02. The van der Waals surface area contributed by atoms with Crippen LogP contribution in [0, 0.1) is 6.92 Å². The molecule has 1 aliphatic heterocycles. The van der Waals surface area contributed by atoms with Crippen LogP contribution in [0.1, 0.15) is 11.5 Å². The van der Waals surface area contributed by atoms with Gasteiger partial charge in [-0.1, -0.05) is 0 Å². The Balaban J connectivity index is 2.07. The maximum absolute atomic E-state index is 13.3. The van der Waals surface area contributed by atoms with E-state index in [0.717, 1.165) is 0 Å². The van der Waals surface area contributed by atoms with Crippen LogP contribution in [-0.4, -0.2) is 41.3 Å². The lowest BCUT2D eigenvalue weighted by Crippen LogP contribution is -2.43. The second kappa shape index (κ2) is 4.40. The summed E-state index contributed by atoms with van der Waals surface area (Å²) in [4.78, 5) is 16.4. The van der Waals surface area contributed by atoms with Gasteiger partial charge in [-0.3, -0.25) is 9.69 Å². The molecule has 7 heteroatoms. The lowest BCUT2D eigenvalue weighted by Gasteiger charge is -2.21. The number of hydrogen-bond donors (Lipinski definition) is 1. The van der Waals surface area contributed by atoms with Crippen molar-refractivity contribution in [1.29, 1.82) is 0 Å². The predicted molar refractivity (Wildman–Crippen MR) is 54.5 cm³/mol. The van der Waals surface area contributed by atoms with Gasteiger partial charge in [0, 0.05) is 13.1 Å². The highest BCUT2D eigenvalue weighted by Crippen LogP contribution is 2.19. The second-order valence-corrected chi connectivity index (χ2v) is 4.03. The Morgan fingerprint density at radius 3 is 3.06 bits per heavy atom. The van der Waals surface area contributed by atoms with Gasteiger partial charge in [0.2, 0.25) is 0 Å². The van der Waals surface area contributed by atoms with Gasteiger partial charge in [-0.15, -0.1) is 0 Å². The Morgan fingerprint density at radius 2 is 2.41 bits per heavy atom. The summed E-state index contributed by atoms with van der Waals surface area (Å²) in [6, 6.07) is 0. The number of hydrogen-bond acceptors (Lipinski definition) is 4. The summed E-state index contributed by atoms with van der Waals surface area (Å²) >= 11 is 0. The Kier molecular flexibility index (Phi) is 3.10. The smallest absolute Gasteiger partial charge is 0.336 e. The zero-order valence-electron chi connectivity index (χ0n) is 9.37. The molecule has 1 aromatic rings. The average molecular weight is 245 g/mol. The molecule has 0 saturated carbocycles. The lowest BCUT2D eigenvalue weighted by atomic mass is 10.3. The topological polar surface area (TPSA) is 58.4 Å². The number of amides is 1. The molecule has 0 bridgehead atoms. The van der Waals surface area contributed by atoms with Gasteiger partial charge in [0.1, 0.15) is 5.76 Å². The molecule has 5 nitrogen and oxygen atoms in total. The second-order valence-electron chi connectivity index (χ2n) is 4.03. The Bertz CT molecular complexity index is 419. The molecule has 94 valence electrons. The van der Waals surface area contributed by atoms with Gasteiger partial charge in [-0.05, 0) is 6.92 Å². The summed E-state index contributed by atoms with van der Waals surface area (Å²) in [6.45, 7) is 1.95. The van der Waals surface area contributed by atoms with E-state index in [0.29, 0.717) is 18.0 Å². The van der Waals surface area contributed by atoms with Crippen LogP contribution in [0.2, 0.25) is 0 Å².